The van der Waals surface area contributed by atoms with Crippen LogP contribution in [0.4, 0.5) is 10.1 Å². The van der Waals surface area contributed by atoms with E-state index in [1.54, 1.807) is 19.2 Å². The Kier molecular flexibility index (Phi) is 6.46. The Balaban J connectivity index is 2.12. The Hall–Kier alpha value is -1.13. The van der Waals surface area contributed by atoms with Gasteiger partial charge in [0.05, 0.1) is 6.61 Å². The maximum absolute atomic E-state index is 13.6. The molecule has 0 unspecified atom stereocenters. The number of ether oxygens (including phenoxy) is 1. The third-order valence-electron chi connectivity index (χ3n) is 4.26. The number of halogens is 1. The van der Waals surface area contributed by atoms with E-state index >= 15 is 0 Å². The summed E-state index contributed by atoms with van der Waals surface area (Å²) in [4.78, 5) is 2.44. The molecule has 0 radical (unpaired) electrons. The molecule has 1 saturated carbocycles. The molecule has 2 rings (SSSR count). The van der Waals surface area contributed by atoms with E-state index < -0.39 is 0 Å². The van der Waals surface area contributed by atoms with Crippen molar-refractivity contribution >= 4 is 5.69 Å². The summed E-state index contributed by atoms with van der Waals surface area (Å²) >= 11 is 0. The first-order valence-electron chi connectivity index (χ1n) is 8.01. The number of hydrogen-bond donors (Lipinski definition) is 1. The minimum absolute atomic E-state index is 0.162. The van der Waals surface area contributed by atoms with E-state index in [1.807, 2.05) is 6.07 Å². The average molecular weight is 294 g/mol. The predicted molar refractivity (Wildman–Crippen MR) is 85.3 cm³/mol. The number of nitrogens with zero attached hydrogens (tertiary/aromatic N) is 1. The average Bonchev–Trinajstić information content (AvgIpc) is 3.00. The Morgan fingerprint density at radius 1 is 1.33 bits per heavy atom. The van der Waals surface area contributed by atoms with Crippen LogP contribution < -0.4 is 10.2 Å². The fraction of sp³-hybridized carbons (Fsp3) is 0.647. The Labute approximate surface area is 127 Å². The molecule has 0 amide bonds. The molecule has 0 bridgehead atoms. The third-order valence-corrected chi connectivity index (χ3v) is 4.26. The third kappa shape index (κ3) is 4.42. The molecule has 0 heterocycles. The lowest BCUT2D eigenvalue weighted by atomic mass is 10.1. The second-order valence-corrected chi connectivity index (χ2v) is 5.67. The number of benzene rings is 1. The van der Waals surface area contributed by atoms with Crippen LogP contribution in [0.5, 0.6) is 0 Å². The summed E-state index contributed by atoms with van der Waals surface area (Å²) in [5.74, 6) is -0.162. The molecule has 4 heteroatoms. The minimum Gasteiger partial charge on any atom is -0.383 e. The molecule has 21 heavy (non-hydrogen) atoms. The van der Waals surface area contributed by atoms with Gasteiger partial charge in [-0.3, -0.25) is 0 Å². The lowest BCUT2D eigenvalue weighted by Gasteiger charge is -2.32. The van der Waals surface area contributed by atoms with Crippen LogP contribution in [0.3, 0.4) is 0 Å². The second-order valence-electron chi connectivity index (χ2n) is 5.67. The van der Waals surface area contributed by atoms with E-state index in [-0.39, 0.29) is 5.82 Å². The molecule has 3 nitrogen and oxygen atoms in total. The van der Waals surface area contributed by atoms with Crippen molar-refractivity contribution in [2.45, 2.75) is 45.2 Å². The van der Waals surface area contributed by atoms with E-state index in [0.717, 1.165) is 18.7 Å². The van der Waals surface area contributed by atoms with Crippen molar-refractivity contribution in [3.63, 3.8) is 0 Å². The lowest BCUT2D eigenvalue weighted by molar-refractivity contribution is 0.199. The van der Waals surface area contributed by atoms with Crippen LogP contribution in [0.2, 0.25) is 0 Å². The summed E-state index contributed by atoms with van der Waals surface area (Å²) in [7, 11) is 1.69. The van der Waals surface area contributed by atoms with Gasteiger partial charge < -0.3 is 15.0 Å². The zero-order valence-corrected chi connectivity index (χ0v) is 13.2. The first-order valence-corrected chi connectivity index (χ1v) is 8.01. The zero-order chi connectivity index (χ0) is 15.1. The smallest absolute Gasteiger partial charge is 0.123 e. The van der Waals surface area contributed by atoms with E-state index in [9.17, 15) is 4.39 Å². The normalized spacial score (nSPS) is 15.6. The molecule has 0 saturated heterocycles. The summed E-state index contributed by atoms with van der Waals surface area (Å²) in [5, 5.41) is 3.32. The van der Waals surface area contributed by atoms with Crippen molar-refractivity contribution < 1.29 is 9.13 Å². The molecular formula is C17H27FN2O. The Morgan fingerprint density at radius 2 is 2.10 bits per heavy atom. The number of hydrogen-bond acceptors (Lipinski definition) is 3. The van der Waals surface area contributed by atoms with Gasteiger partial charge in [0.25, 0.3) is 0 Å². The molecule has 1 fully saturated rings. The number of anilines is 1. The highest BCUT2D eigenvalue weighted by molar-refractivity contribution is 5.54. The van der Waals surface area contributed by atoms with Gasteiger partial charge in [-0.1, -0.05) is 12.8 Å². The molecule has 1 aromatic carbocycles. The molecule has 118 valence electrons. The number of rotatable bonds is 8. The van der Waals surface area contributed by atoms with E-state index in [1.165, 1.54) is 31.4 Å². The maximum atomic E-state index is 13.6. The van der Waals surface area contributed by atoms with Gasteiger partial charge >= 0.3 is 0 Å². The highest BCUT2D eigenvalue weighted by Crippen LogP contribution is 2.30. The van der Waals surface area contributed by atoms with E-state index in [0.29, 0.717) is 19.2 Å². The van der Waals surface area contributed by atoms with Gasteiger partial charge in [0, 0.05) is 38.5 Å². The molecule has 1 aliphatic carbocycles. The highest BCUT2D eigenvalue weighted by atomic mass is 19.1. The first kappa shape index (κ1) is 16.2. The first-order chi connectivity index (χ1) is 10.3. The van der Waals surface area contributed by atoms with Gasteiger partial charge in [-0.05, 0) is 43.5 Å². The van der Waals surface area contributed by atoms with Crippen molar-refractivity contribution in [1.82, 2.24) is 5.32 Å². The van der Waals surface area contributed by atoms with Gasteiger partial charge in [-0.15, -0.1) is 0 Å². The second kappa shape index (κ2) is 8.35. The molecule has 1 aliphatic rings. The molecule has 1 aromatic rings. The minimum atomic E-state index is -0.162. The molecular weight excluding hydrogens is 267 g/mol. The van der Waals surface area contributed by atoms with Crippen LogP contribution in [-0.2, 0) is 11.3 Å². The maximum Gasteiger partial charge on any atom is 0.123 e. The Bertz CT molecular complexity index is 433. The molecule has 0 aliphatic heterocycles. The van der Waals surface area contributed by atoms with Gasteiger partial charge in [-0.25, -0.2) is 4.39 Å². The van der Waals surface area contributed by atoms with Gasteiger partial charge in [0.1, 0.15) is 5.82 Å². The van der Waals surface area contributed by atoms with E-state index in [2.05, 4.69) is 17.1 Å². The van der Waals surface area contributed by atoms with Gasteiger partial charge in [0.15, 0.2) is 0 Å². The highest BCUT2D eigenvalue weighted by Gasteiger charge is 2.23. The molecule has 1 N–H and O–H groups in total. The summed E-state index contributed by atoms with van der Waals surface area (Å²) in [5.41, 5.74) is 2.22. The number of methoxy groups -OCH3 is 1. The summed E-state index contributed by atoms with van der Waals surface area (Å²) < 4.78 is 18.6. The fourth-order valence-corrected chi connectivity index (χ4v) is 3.21. The molecule has 0 atom stereocenters. The van der Waals surface area contributed by atoms with Crippen molar-refractivity contribution in [2.75, 3.05) is 31.7 Å². The van der Waals surface area contributed by atoms with Crippen LogP contribution in [0.25, 0.3) is 0 Å². The molecule has 0 spiro atoms. The molecule has 0 aromatic heterocycles. The van der Waals surface area contributed by atoms with Gasteiger partial charge in [-0.2, -0.15) is 0 Å². The van der Waals surface area contributed by atoms with Crippen molar-refractivity contribution in [3.05, 3.63) is 29.6 Å². The van der Waals surface area contributed by atoms with Crippen LogP contribution >= 0.6 is 0 Å². The van der Waals surface area contributed by atoms with Crippen molar-refractivity contribution in [1.29, 1.82) is 0 Å². The van der Waals surface area contributed by atoms with Crippen LogP contribution in [0.1, 0.15) is 38.2 Å². The predicted octanol–water partition coefficient (Wildman–Crippen LogP) is 3.33. The summed E-state index contributed by atoms with van der Waals surface area (Å²) in [6, 6.07) is 5.78. The zero-order valence-electron chi connectivity index (χ0n) is 13.2. The van der Waals surface area contributed by atoms with Crippen LogP contribution in [-0.4, -0.2) is 32.8 Å². The van der Waals surface area contributed by atoms with Crippen molar-refractivity contribution in [2.24, 2.45) is 0 Å². The largest absolute Gasteiger partial charge is 0.383 e. The standard InChI is InChI=1S/C17H27FN2O/c1-3-20(16-6-4-5-7-16)17-9-8-15(18)12-14(17)13-19-10-11-21-2/h8-9,12,16,19H,3-7,10-11,13H2,1-2H3. The van der Waals surface area contributed by atoms with Crippen LogP contribution in [0.15, 0.2) is 18.2 Å². The Morgan fingerprint density at radius 3 is 2.76 bits per heavy atom. The van der Waals surface area contributed by atoms with Gasteiger partial charge in [0.2, 0.25) is 0 Å². The summed E-state index contributed by atoms with van der Waals surface area (Å²) in [6.07, 6.45) is 5.12. The quantitative estimate of drug-likeness (QED) is 0.744. The van der Waals surface area contributed by atoms with Crippen LogP contribution in [0, 0.1) is 5.82 Å². The topological polar surface area (TPSA) is 24.5 Å². The monoisotopic (exact) mass is 294 g/mol. The fourth-order valence-electron chi connectivity index (χ4n) is 3.21. The SMILES string of the molecule is CCN(c1ccc(F)cc1CNCCOC)C1CCCC1. The lowest BCUT2D eigenvalue weighted by Crippen LogP contribution is -2.34. The number of nitrogens with one attached hydrogen (secondary N) is 1. The van der Waals surface area contributed by atoms with Crippen molar-refractivity contribution in [3.8, 4) is 0 Å². The summed E-state index contributed by atoms with van der Waals surface area (Å²) in [6.45, 7) is 5.29. The van der Waals surface area contributed by atoms with E-state index in [4.69, 9.17) is 4.74 Å².